The van der Waals surface area contributed by atoms with Gasteiger partial charge in [0.05, 0.1) is 5.69 Å². The summed E-state index contributed by atoms with van der Waals surface area (Å²) in [4.78, 5) is 0. The fraction of sp³-hybridized carbons (Fsp3) is 0.786. The minimum atomic E-state index is 0.134. The predicted molar refractivity (Wildman–Crippen MR) is 71.1 cm³/mol. The van der Waals surface area contributed by atoms with Gasteiger partial charge in [0.25, 0.3) is 0 Å². The topological polar surface area (TPSA) is 38.1 Å². The van der Waals surface area contributed by atoms with Crippen molar-refractivity contribution in [3.63, 3.8) is 0 Å². The van der Waals surface area contributed by atoms with E-state index in [1.165, 1.54) is 0 Å². The molecule has 0 saturated heterocycles. The highest BCUT2D eigenvalue weighted by Gasteiger charge is 2.20. The molecule has 1 heterocycles. The van der Waals surface area contributed by atoms with Gasteiger partial charge >= 0.3 is 0 Å². The molecule has 1 N–H and O–H groups in total. The fourth-order valence-corrected chi connectivity index (χ4v) is 2.13. The molecule has 0 fully saturated rings. The van der Waals surface area contributed by atoms with Crippen LogP contribution in [-0.2, 0) is 6.42 Å². The number of nitrogens with one attached hydrogen (secondary N) is 1. The third kappa shape index (κ3) is 5.87. The molecule has 98 valence electrons. The lowest BCUT2D eigenvalue weighted by molar-refractivity contribution is 0.294. The van der Waals surface area contributed by atoms with Crippen LogP contribution in [0.25, 0.3) is 0 Å². The number of aryl methyl sites for hydroxylation is 1. The lowest BCUT2D eigenvalue weighted by atomic mass is 9.97. The van der Waals surface area contributed by atoms with Crippen molar-refractivity contribution in [1.29, 1.82) is 0 Å². The second-order valence-corrected chi connectivity index (χ2v) is 6.36. The summed E-state index contributed by atoms with van der Waals surface area (Å²) in [6.07, 6.45) is 2.06. The molecular weight excluding hydrogens is 212 g/mol. The van der Waals surface area contributed by atoms with Crippen LogP contribution < -0.4 is 5.32 Å². The Morgan fingerprint density at radius 3 is 2.41 bits per heavy atom. The Labute approximate surface area is 105 Å². The molecular formula is C14H26N2O. The largest absolute Gasteiger partial charge is 0.361 e. The van der Waals surface area contributed by atoms with Crippen molar-refractivity contribution in [2.24, 2.45) is 5.92 Å². The maximum absolute atomic E-state index is 5.30. The zero-order valence-electron chi connectivity index (χ0n) is 12.0. The molecule has 0 radical (unpaired) electrons. The Hall–Kier alpha value is -0.830. The van der Waals surface area contributed by atoms with E-state index in [9.17, 15) is 0 Å². The highest BCUT2D eigenvalue weighted by atomic mass is 16.5. The summed E-state index contributed by atoms with van der Waals surface area (Å²) >= 11 is 0. The van der Waals surface area contributed by atoms with E-state index in [2.05, 4.69) is 45.1 Å². The van der Waals surface area contributed by atoms with Gasteiger partial charge in [0.1, 0.15) is 5.76 Å². The smallest absolute Gasteiger partial charge is 0.138 e. The van der Waals surface area contributed by atoms with E-state index >= 15 is 0 Å². The highest BCUT2D eigenvalue weighted by molar-refractivity contribution is 5.05. The number of aromatic nitrogens is 1. The van der Waals surface area contributed by atoms with Crippen molar-refractivity contribution in [2.45, 2.75) is 66.0 Å². The summed E-state index contributed by atoms with van der Waals surface area (Å²) in [5.41, 5.74) is 1.09. The normalized spacial score (nSPS) is 14.3. The van der Waals surface area contributed by atoms with Crippen LogP contribution in [0, 0.1) is 12.8 Å². The van der Waals surface area contributed by atoms with Gasteiger partial charge in [-0.05, 0) is 40.0 Å². The molecule has 0 bridgehead atoms. The molecule has 17 heavy (non-hydrogen) atoms. The van der Waals surface area contributed by atoms with Crippen LogP contribution in [0.4, 0.5) is 0 Å². The summed E-state index contributed by atoms with van der Waals surface area (Å²) in [7, 11) is 0. The van der Waals surface area contributed by atoms with E-state index in [0.717, 1.165) is 24.3 Å². The number of hydrogen-bond donors (Lipinski definition) is 1. The molecule has 1 aromatic rings. The first-order valence-corrected chi connectivity index (χ1v) is 6.46. The standard InChI is InChI=1S/C14H26N2O/c1-10(2)7-12(15-14(4,5)6)9-13-8-11(3)16-17-13/h8,10,12,15H,7,9H2,1-6H3/t12-/m0/s1. The second-order valence-electron chi connectivity index (χ2n) is 6.36. The van der Waals surface area contributed by atoms with E-state index in [1.54, 1.807) is 0 Å². The average Bonchev–Trinajstić information content (AvgIpc) is 2.46. The molecule has 3 nitrogen and oxygen atoms in total. The zero-order chi connectivity index (χ0) is 13.1. The van der Waals surface area contributed by atoms with Crippen LogP contribution in [0.3, 0.4) is 0 Å². The van der Waals surface area contributed by atoms with E-state index in [4.69, 9.17) is 4.52 Å². The van der Waals surface area contributed by atoms with Crippen LogP contribution >= 0.6 is 0 Å². The van der Waals surface area contributed by atoms with Crippen LogP contribution in [-0.4, -0.2) is 16.7 Å². The molecule has 0 saturated carbocycles. The minimum Gasteiger partial charge on any atom is -0.361 e. The van der Waals surface area contributed by atoms with Gasteiger partial charge in [0.15, 0.2) is 0 Å². The van der Waals surface area contributed by atoms with E-state index in [1.807, 2.05) is 13.0 Å². The molecule has 1 aromatic heterocycles. The molecule has 3 heteroatoms. The molecule has 0 unspecified atom stereocenters. The third-order valence-electron chi connectivity index (χ3n) is 2.52. The maximum Gasteiger partial charge on any atom is 0.138 e. The van der Waals surface area contributed by atoms with Gasteiger partial charge < -0.3 is 9.84 Å². The molecule has 0 aliphatic carbocycles. The van der Waals surface area contributed by atoms with Crippen LogP contribution in [0.1, 0.15) is 52.5 Å². The SMILES string of the molecule is Cc1cc(C[C@H](CC(C)C)NC(C)(C)C)on1. The quantitative estimate of drug-likeness (QED) is 0.855. The average molecular weight is 238 g/mol. The van der Waals surface area contributed by atoms with Crippen LogP contribution in [0.15, 0.2) is 10.6 Å². The minimum absolute atomic E-state index is 0.134. The van der Waals surface area contributed by atoms with Crippen molar-refractivity contribution >= 4 is 0 Å². The van der Waals surface area contributed by atoms with E-state index < -0.39 is 0 Å². The zero-order valence-corrected chi connectivity index (χ0v) is 12.0. The van der Waals surface area contributed by atoms with Gasteiger partial charge in [-0.2, -0.15) is 0 Å². The van der Waals surface area contributed by atoms with Gasteiger partial charge in [0, 0.05) is 24.1 Å². The molecule has 1 rings (SSSR count). The second kappa shape index (κ2) is 5.67. The third-order valence-corrected chi connectivity index (χ3v) is 2.52. The van der Waals surface area contributed by atoms with Crippen molar-refractivity contribution in [3.05, 3.63) is 17.5 Å². The van der Waals surface area contributed by atoms with Gasteiger partial charge in [-0.15, -0.1) is 0 Å². The molecule has 1 atom stereocenters. The fourth-order valence-electron chi connectivity index (χ4n) is 2.13. The molecule has 0 aromatic carbocycles. The summed E-state index contributed by atoms with van der Waals surface area (Å²) in [5.74, 6) is 1.66. The first kappa shape index (κ1) is 14.2. The van der Waals surface area contributed by atoms with Crippen LogP contribution in [0.2, 0.25) is 0 Å². The number of nitrogens with zero attached hydrogens (tertiary/aromatic N) is 1. The first-order chi connectivity index (χ1) is 7.76. The molecule has 0 amide bonds. The van der Waals surface area contributed by atoms with Crippen molar-refractivity contribution in [1.82, 2.24) is 10.5 Å². The first-order valence-electron chi connectivity index (χ1n) is 6.46. The Kier molecular flexibility index (Phi) is 4.75. The van der Waals surface area contributed by atoms with Crippen LogP contribution in [0.5, 0.6) is 0 Å². The van der Waals surface area contributed by atoms with E-state index in [-0.39, 0.29) is 5.54 Å². The van der Waals surface area contributed by atoms with Crippen molar-refractivity contribution in [2.75, 3.05) is 0 Å². The lowest BCUT2D eigenvalue weighted by Gasteiger charge is -2.29. The molecule has 0 aliphatic rings. The lowest BCUT2D eigenvalue weighted by Crippen LogP contribution is -2.45. The van der Waals surface area contributed by atoms with Gasteiger partial charge in [-0.3, -0.25) is 0 Å². The monoisotopic (exact) mass is 238 g/mol. The Morgan fingerprint density at radius 1 is 1.35 bits per heavy atom. The Bertz CT molecular complexity index is 336. The Balaban J connectivity index is 2.63. The van der Waals surface area contributed by atoms with Gasteiger partial charge in [0.2, 0.25) is 0 Å². The van der Waals surface area contributed by atoms with Crippen molar-refractivity contribution in [3.8, 4) is 0 Å². The maximum atomic E-state index is 5.30. The molecule has 0 spiro atoms. The Morgan fingerprint density at radius 2 is 2.00 bits per heavy atom. The van der Waals surface area contributed by atoms with Gasteiger partial charge in [-0.1, -0.05) is 19.0 Å². The van der Waals surface area contributed by atoms with Gasteiger partial charge in [-0.25, -0.2) is 0 Å². The van der Waals surface area contributed by atoms with E-state index in [0.29, 0.717) is 12.0 Å². The summed E-state index contributed by atoms with van der Waals surface area (Å²) in [5, 5.41) is 7.60. The number of hydrogen-bond acceptors (Lipinski definition) is 3. The predicted octanol–water partition coefficient (Wildman–Crippen LogP) is 3.33. The summed E-state index contributed by atoms with van der Waals surface area (Å²) in [6.45, 7) is 13.1. The molecule has 0 aliphatic heterocycles. The number of rotatable bonds is 5. The van der Waals surface area contributed by atoms with Crippen molar-refractivity contribution < 1.29 is 4.52 Å². The highest BCUT2D eigenvalue weighted by Crippen LogP contribution is 2.15. The summed E-state index contributed by atoms with van der Waals surface area (Å²) < 4.78 is 5.30. The summed E-state index contributed by atoms with van der Waals surface area (Å²) in [6, 6.07) is 2.47.